The number of nitrogens with two attached hydrogens (primary N) is 1. The molecule has 0 amide bonds. The molecule has 2 rings (SSSR count). The maximum atomic E-state index is 12.6. The highest BCUT2D eigenvalue weighted by Crippen LogP contribution is 2.27. The zero-order valence-electron chi connectivity index (χ0n) is 11.9. The summed E-state index contributed by atoms with van der Waals surface area (Å²) in [6.07, 6.45) is 0. The molecule has 0 aromatic heterocycles. The Labute approximate surface area is 133 Å². The first-order valence-corrected chi connectivity index (χ1v) is 8.21. The fourth-order valence-electron chi connectivity index (χ4n) is 2.07. The summed E-state index contributed by atoms with van der Waals surface area (Å²) in [5, 5.41) is 14.7. The number of phenolic OH excluding ortho intramolecular Hbond substituents is 1. The maximum Gasteiger partial charge on any atom is 0.239 e. The predicted octanol–water partition coefficient (Wildman–Crippen LogP) is 2.54. The second kappa shape index (κ2) is 5.72. The summed E-state index contributed by atoms with van der Waals surface area (Å²) < 4.78 is 23.0. The average Bonchev–Trinajstić information content (AvgIpc) is 2.43. The summed E-state index contributed by atoms with van der Waals surface area (Å²) in [5.74, 6) is -0.280. The van der Waals surface area contributed by atoms with Crippen molar-refractivity contribution in [3.8, 4) is 5.75 Å². The fourth-order valence-corrected chi connectivity index (χ4v) is 3.14. The Morgan fingerprint density at radius 1 is 1.14 bits per heavy atom. The van der Waals surface area contributed by atoms with Crippen molar-refractivity contribution in [2.45, 2.75) is 18.7 Å². The van der Waals surface area contributed by atoms with E-state index in [9.17, 15) is 18.3 Å². The monoisotopic (exact) mass is 339 g/mol. The normalized spacial score (nSPS) is 11.5. The van der Waals surface area contributed by atoms with Gasteiger partial charge in [0.25, 0.3) is 0 Å². The number of sulfonamides is 1. The van der Waals surface area contributed by atoms with E-state index in [1.807, 2.05) is 0 Å². The summed E-state index contributed by atoms with van der Waals surface area (Å²) in [7, 11) is -4.02. The lowest BCUT2D eigenvalue weighted by molar-refractivity contribution is 0.103. The highest BCUT2D eigenvalue weighted by atomic mass is 35.5. The van der Waals surface area contributed by atoms with Crippen LogP contribution in [0.25, 0.3) is 0 Å². The van der Waals surface area contributed by atoms with Crippen LogP contribution >= 0.6 is 11.6 Å². The molecule has 0 saturated heterocycles. The van der Waals surface area contributed by atoms with Gasteiger partial charge < -0.3 is 5.11 Å². The molecule has 0 aliphatic carbocycles. The number of carbonyl (C=O) groups excluding carboxylic acids is 1. The van der Waals surface area contributed by atoms with Crippen LogP contribution in [0.15, 0.2) is 35.2 Å². The van der Waals surface area contributed by atoms with Crippen LogP contribution in [-0.4, -0.2) is 19.3 Å². The second-order valence-corrected chi connectivity index (χ2v) is 6.84. The molecule has 116 valence electrons. The second-order valence-electron chi connectivity index (χ2n) is 4.90. The van der Waals surface area contributed by atoms with Crippen molar-refractivity contribution in [1.29, 1.82) is 0 Å². The van der Waals surface area contributed by atoms with Gasteiger partial charge in [-0.15, -0.1) is 0 Å². The number of rotatable bonds is 3. The molecule has 0 spiro atoms. The first-order chi connectivity index (χ1) is 10.1. The van der Waals surface area contributed by atoms with E-state index in [0.717, 1.165) is 6.07 Å². The molecule has 5 nitrogen and oxygen atoms in total. The van der Waals surface area contributed by atoms with Gasteiger partial charge in [0.2, 0.25) is 10.0 Å². The van der Waals surface area contributed by atoms with Crippen LogP contribution in [-0.2, 0) is 10.0 Å². The molecule has 0 saturated carbocycles. The SMILES string of the molecule is Cc1c(O)ccc(C(=O)c2ccc(Cl)c(S(N)(=O)=O)c2)c1C. The zero-order valence-corrected chi connectivity index (χ0v) is 13.5. The number of hydrogen-bond donors (Lipinski definition) is 2. The van der Waals surface area contributed by atoms with Crippen LogP contribution in [0, 0.1) is 13.8 Å². The number of phenols is 1. The Kier molecular flexibility index (Phi) is 4.28. The Bertz CT molecular complexity index is 875. The number of aromatic hydroxyl groups is 1. The van der Waals surface area contributed by atoms with Gasteiger partial charge in [0.1, 0.15) is 10.6 Å². The molecule has 0 fully saturated rings. The lowest BCUT2D eigenvalue weighted by Gasteiger charge is -2.10. The highest BCUT2D eigenvalue weighted by Gasteiger charge is 2.19. The van der Waals surface area contributed by atoms with Crippen LogP contribution in [0.2, 0.25) is 5.02 Å². The third-order valence-corrected chi connectivity index (χ3v) is 4.90. The van der Waals surface area contributed by atoms with Crippen molar-refractivity contribution >= 4 is 27.4 Å². The van der Waals surface area contributed by atoms with Crippen molar-refractivity contribution in [2.75, 3.05) is 0 Å². The van der Waals surface area contributed by atoms with E-state index in [4.69, 9.17) is 16.7 Å². The standard InChI is InChI=1S/C15H14ClNO4S/c1-8-9(2)13(18)6-4-11(8)15(19)10-3-5-12(16)14(7-10)22(17,20)21/h3-7,18H,1-2H3,(H2,17,20,21). The molecule has 3 N–H and O–H groups in total. The van der Waals surface area contributed by atoms with E-state index in [1.54, 1.807) is 13.8 Å². The number of benzene rings is 2. The summed E-state index contributed by atoms with van der Waals surface area (Å²) >= 11 is 5.81. The Balaban J connectivity index is 2.59. The van der Waals surface area contributed by atoms with E-state index in [2.05, 4.69) is 0 Å². The Morgan fingerprint density at radius 3 is 2.36 bits per heavy atom. The Morgan fingerprint density at radius 2 is 1.77 bits per heavy atom. The van der Waals surface area contributed by atoms with Crippen molar-refractivity contribution in [3.05, 3.63) is 57.6 Å². The molecule has 0 unspecified atom stereocenters. The first kappa shape index (κ1) is 16.5. The van der Waals surface area contributed by atoms with Gasteiger partial charge in [-0.1, -0.05) is 11.6 Å². The fraction of sp³-hybridized carbons (Fsp3) is 0.133. The minimum Gasteiger partial charge on any atom is -0.508 e. The number of carbonyl (C=O) groups is 1. The van der Waals surface area contributed by atoms with Gasteiger partial charge in [-0.25, -0.2) is 13.6 Å². The van der Waals surface area contributed by atoms with Gasteiger partial charge in [-0.3, -0.25) is 4.79 Å². The number of primary sulfonamides is 1. The molecule has 0 bridgehead atoms. The lowest BCUT2D eigenvalue weighted by atomic mass is 9.95. The van der Waals surface area contributed by atoms with Crippen molar-refractivity contribution in [3.63, 3.8) is 0 Å². The third kappa shape index (κ3) is 2.99. The lowest BCUT2D eigenvalue weighted by Crippen LogP contribution is -2.14. The number of hydrogen-bond acceptors (Lipinski definition) is 4. The van der Waals surface area contributed by atoms with Gasteiger partial charge in [0.05, 0.1) is 5.02 Å². The summed E-state index contributed by atoms with van der Waals surface area (Å²) in [6.45, 7) is 3.40. The first-order valence-electron chi connectivity index (χ1n) is 6.29. The largest absolute Gasteiger partial charge is 0.508 e. The molecule has 22 heavy (non-hydrogen) atoms. The Hall–Kier alpha value is -1.89. The van der Waals surface area contributed by atoms with E-state index < -0.39 is 10.0 Å². The van der Waals surface area contributed by atoms with E-state index in [1.165, 1.54) is 24.3 Å². The average molecular weight is 340 g/mol. The molecule has 0 aliphatic rings. The topological polar surface area (TPSA) is 97.5 Å². The van der Waals surface area contributed by atoms with Gasteiger partial charge in [0.15, 0.2) is 5.78 Å². The van der Waals surface area contributed by atoms with E-state index >= 15 is 0 Å². The third-order valence-electron chi connectivity index (χ3n) is 3.50. The van der Waals surface area contributed by atoms with E-state index in [0.29, 0.717) is 16.7 Å². The molecule has 7 heteroatoms. The van der Waals surface area contributed by atoms with Crippen molar-refractivity contribution < 1.29 is 18.3 Å². The minimum atomic E-state index is -4.02. The smallest absolute Gasteiger partial charge is 0.239 e. The highest BCUT2D eigenvalue weighted by molar-refractivity contribution is 7.89. The van der Waals surface area contributed by atoms with Crippen LogP contribution in [0.5, 0.6) is 5.75 Å². The molecule has 2 aromatic carbocycles. The summed E-state index contributed by atoms with van der Waals surface area (Å²) in [6, 6.07) is 6.82. The molecule has 0 radical (unpaired) electrons. The van der Waals surface area contributed by atoms with Gasteiger partial charge >= 0.3 is 0 Å². The molecule has 0 atom stereocenters. The number of halogens is 1. The molecular weight excluding hydrogens is 326 g/mol. The van der Waals surface area contributed by atoms with Gasteiger partial charge in [-0.05, 0) is 55.3 Å². The molecule has 0 aliphatic heterocycles. The predicted molar refractivity (Wildman–Crippen MR) is 83.8 cm³/mol. The van der Waals surface area contributed by atoms with Crippen LogP contribution in [0.1, 0.15) is 27.0 Å². The van der Waals surface area contributed by atoms with Gasteiger partial charge in [0, 0.05) is 11.1 Å². The van der Waals surface area contributed by atoms with Crippen LogP contribution < -0.4 is 5.14 Å². The molecule has 0 heterocycles. The van der Waals surface area contributed by atoms with Crippen LogP contribution in [0.3, 0.4) is 0 Å². The quantitative estimate of drug-likeness (QED) is 0.839. The van der Waals surface area contributed by atoms with E-state index in [-0.39, 0.29) is 27.0 Å². The zero-order chi connectivity index (χ0) is 16.7. The maximum absolute atomic E-state index is 12.6. The minimum absolute atomic E-state index is 0.0438. The van der Waals surface area contributed by atoms with Gasteiger partial charge in [-0.2, -0.15) is 0 Å². The number of ketones is 1. The molecular formula is C15H14ClNO4S. The van der Waals surface area contributed by atoms with Crippen molar-refractivity contribution in [1.82, 2.24) is 0 Å². The van der Waals surface area contributed by atoms with Crippen molar-refractivity contribution in [2.24, 2.45) is 5.14 Å². The summed E-state index contributed by atoms with van der Waals surface area (Å²) in [4.78, 5) is 12.3. The van der Waals surface area contributed by atoms with Crippen LogP contribution in [0.4, 0.5) is 0 Å². The molecule has 2 aromatic rings. The summed E-state index contributed by atoms with van der Waals surface area (Å²) in [5.41, 5.74) is 1.74.